The van der Waals surface area contributed by atoms with Crippen LogP contribution >= 0.6 is 0 Å². The summed E-state index contributed by atoms with van der Waals surface area (Å²) in [7, 11) is 1.25. The van der Waals surface area contributed by atoms with Gasteiger partial charge in [0.25, 0.3) is 0 Å². The maximum Gasteiger partial charge on any atom is 0.410 e. The molecule has 4 bridgehead atoms. The lowest BCUT2D eigenvalue weighted by Crippen LogP contribution is -2.54. The van der Waals surface area contributed by atoms with Crippen molar-refractivity contribution in [1.82, 2.24) is 15.1 Å². The zero-order valence-electron chi connectivity index (χ0n) is 20.9. The predicted molar refractivity (Wildman–Crippen MR) is 129 cm³/mol. The van der Waals surface area contributed by atoms with E-state index < -0.39 is 42.3 Å². The molecule has 3 atom stereocenters. The Morgan fingerprint density at radius 3 is 2.75 bits per heavy atom. The van der Waals surface area contributed by atoms with Crippen LogP contribution in [-0.4, -0.2) is 72.3 Å². The average molecular weight is 500 g/mol. The number of carbonyl (C=O) groups is 4. The molecule has 1 N–H and O–H groups in total. The van der Waals surface area contributed by atoms with Gasteiger partial charge in [0.2, 0.25) is 5.91 Å². The second-order valence-electron chi connectivity index (χ2n) is 9.66. The first-order valence-electron chi connectivity index (χ1n) is 12.3. The molecule has 36 heavy (non-hydrogen) atoms. The summed E-state index contributed by atoms with van der Waals surface area (Å²) in [5.74, 6) is -1.31. The van der Waals surface area contributed by atoms with Crippen LogP contribution in [0, 0.1) is 5.92 Å². The minimum Gasteiger partial charge on any atom is -0.467 e. The van der Waals surface area contributed by atoms with Gasteiger partial charge in [0, 0.05) is 13.0 Å². The van der Waals surface area contributed by atoms with Crippen molar-refractivity contribution in [1.29, 1.82) is 0 Å². The van der Waals surface area contributed by atoms with Crippen molar-refractivity contribution in [2.24, 2.45) is 5.92 Å². The molecule has 1 fully saturated rings. The van der Waals surface area contributed by atoms with Crippen LogP contribution in [0.1, 0.15) is 49.8 Å². The fraction of sp³-hybridized carbons (Fsp3) is 0.538. The van der Waals surface area contributed by atoms with Crippen molar-refractivity contribution in [3.63, 3.8) is 0 Å². The summed E-state index contributed by atoms with van der Waals surface area (Å²) in [6, 6.07) is 4.13. The third kappa shape index (κ3) is 5.47. The quantitative estimate of drug-likeness (QED) is 0.492. The summed E-state index contributed by atoms with van der Waals surface area (Å²) >= 11 is 0. The van der Waals surface area contributed by atoms with E-state index in [1.165, 1.54) is 12.0 Å². The molecule has 0 unspecified atom stereocenters. The number of nitrogens with one attached hydrogen (secondary N) is 1. The number of nitrogens with zero attached hydrogens (tertiary/aromatic N) is 2. The molecule has 0 radical (unpaired) electrons. The number of alkyl carbamates (subject to hydrolysis) is 1. The summed E-state index contributed by atoms with van der Waals surface area (Å²) in [5, 5.41) is 2.64. The number of esters is 1. The van der Waals surface area contributed by atoms with Crippen LogP contribution in [0.3, 0.4) is 0 Å². The summed E-state index contributed by atoms with van der Waals surface area (Å²) in [6.45, 7) is 4.67. The van der Waals surface area contributed by atoms with Crippen molar-refractivity contribution in [3.05, 3.63) is 41.0 Å². The maximum absolute atomic E-state index is 13.5. The number of cyclic esters (lactones) is 1. The van der Waals surface area contributed by atoms with Gasteiger partial charge in [-0.05, 0) is 35.4 Å². The van der Waals surface area contributed by atoms with Crippen LogP contribution in [0.5, 0.6) is 0 Å². The van der Waals surface area contributed by atoms with E-state index in [9.17, 15) is 19.2 Å². The van der Waals surface area contributed by atoms with Gasteiger partial charge < -0.3 is 24.4 Å². The van der Waals surface area contributed by atoms with Crippen LogP contribution in [0.2, 0.25) is 0 Å². The smallest absolute Gasteiger partial charge is 0.410 e. The van der Waals surface area contributed by atoms with Gasteiger partial charge in [-0.1, -0.05) is 44.2 Å². The fourth-order valence-electron chi connectivity index (χ4n) is 4.87. The van der Waals surface area contributed by atoms with Gasteiger partial charge in [0.1, 0.15) is 18.2 Å². The lowest BCUT2D eigenvalue weighted by atomic mass is 10.0. The number of carbonyl (C=O) groups excluding carboxylic acids is 4. The molecule has 0 aromatic heterocycles. The van der Waals surface area contributed by atoms with Crippen molar-refractivity contribution in [2.45, 2.75) is 64.4 Å². The average Bonchev–Trinajstić information content (AvgIpc) is 3.48. The molecule has 3 aliphatic rings. The van der Waals surface area contributed by atoms with Crippen LogP contribution in [0.15, 0.2) is 24.3 Å². The van der Waals surface area contributed by atoms with Gasteiger partial charge in [-0.15, -0.1) is 0 Å². The summed E-state index contributed by atoms with van der Waals surface area (Å²) < 4.78 is 16.0. The first kappa shape index (κ1) is 25.5. The molecule has 10 nitrogen and oxygen atoms in total. The van der Waals surface area contributed by atoms with E-state index in [4.69, 9.17) is 14.2 Å². The number of fused-ring (bicyclic) bond motifs is 3. The summed E-state index contributed by atoms with van der Waals surface area (Å²) in [5.41, 5.74) is 3.15. The molecule has 1 saturated heterocycles. The monoisotopic (exact) mass is 499 g/mol. The van der Waals surface area contributed by atoms with Gasteiger partial charge in [-0.3, -0.25) is 9.69 Å². The van der Waals surface area contributed by atoms with E-state index in [1.807, 2.05) is 30.4 Å². The Hall–Kier alpha value is -3.56. The van der Waals surface area contributed by atoms with E-state index in [0.29, 0.717) is 25.9 Å². The third-order valence-electron chi connectivity index (χ3n) is 6.82. The van der Waals surface area contributed by atoms with E-state index in [1.54, 1.807) is 18.7 Å². The summed E-state index contributed by atoms with van der Waals surface area (Å²) in [6.07, 6.45) is 3.60. The van der Waals surface area contributed by atoms with Crippen molar-refractivity contribution in [3.8, 4) is 0 Å². The molecule has 3 heterocycles. The molecule has 1 aromatic rings. The molecule has 0 saturated carbocycles. The highest BCUT2D eigenvalue weighted by molar-refractivity contribution is 5.90. The first-order chi connectivity index (χ1) is 17.3. The lowest BCUT2D eigenvalue weighted by molar-refractivity contribution is -0.151. The topological polar surface area (TPSA) is 114 Å². The normalized spacial score (nSPS) is 25.9. The third-order valence-corrected chi connectivity index (χ3v) is 6.82. The van der Waals surface area contributed by atoms with Crippen LogP contribution in [0.4, 0.5) is 9.59 Å². The van der Waals surface area contributed by atoms with Crippen molar-refractivity contribution in [2.75, 3.05) is 20.3 Å². The van der Waals surface area contributed by atoms with Crippen LogP contribution < -0.4 is 5.32 Å². The Kier molecular flexibility index (Phi) is 7.81. The molecule has 194 valence electrons. The minimum absolute atomic E-state index is 0.0268. The van der Waals surface area contributed by atoms with Crippen molar-refractivity contribution >= 4 is 30.1 Å². The largest absolute Gasteiger partial charge is 0.467 e. The summed E-state index contributed by atoms with van der Waals surface area (Å²) in [4.78, 5) is 54.4. The van der Waals surface area contributed by atoms with Gasteiger partial charge >= 0.3 is 18.2 Å². The first-order valence-corrected chi connectivity index (χ1v) is 12.3. The Labute approximate surface area is 210 Å². The van der Waals surface area contributed by atoms with E-state index in [2.05, 4.69) is 5.32 Å². The number of ether oxygens (including phenoxy) is 3. The standard InChI is InChI=1S/C26H33N3O7/c1-16(2)22-23(30)29-14-19(12-21(29)24(31)34-3)36-26(33)28-13-18-10-7-9-17(20(18)15-28)8-5-4-6-11-35-25(32)27-22/h5,7-10,16,19,21-22H,4,6,11-15H2,1-3H3,(H,27,32)/b8-5+/t19-,21+,22+/m1/s1. The van der Waals surface area contributed by atoms with Gasteiger partial charge in [0.05, 0.1) is 26.8 Å². The highest BCUT2D eigenvalue weighted by atomic mass is 16.6. The van der Waals surface area contributed by atoms with Crippen LogP contribution in [-0.2, 0) is 36.9 Å². The second-order valence-corrected chi connectivity index (χ2v) is 9.66. The van der Waals surface area contributed by atoms with Gasteiger partial charge in [-0.2, -0.15) is 0 Å². The minimum atomic E-state index is -0.919. The molecule has 10 heteroatoms. The van der Waals surface area contributed by atoms with Crippen LogP contribution in [0.25, 0.3) is 6.08 Å². The van der Waals surface area contributed by atoms with E-state index in [0.717, 1.165) is 16.7 Å². The number of hydrogen-bond donors (Lipinski definition) is 1. The Balaban J connectivity index is 1.60. The number of rotatable bonds is 2. The Bertz CT molecular complexity index is 1050. The predicted octanol–water partition coefficient (Wildman–Crippen LogP) is 2.84. The number of benzene rings is 1. The molecular weight excluding hydrogens is 466 g/mol. The highest BCUT2D eigenvalue weighted by Crippen LogP contribution is 2.29. The lowest BCUT2D eigenvalue weighted by Gasteiger charge is -2.29. The van der Waals surface area contributed by atoms with Crippen molar-refractivity contribution < 1.29 is 33.4 Å². The number of amides is 3. The molecule has 4 rings (SSSR count). The zero-order valence-corrected chi connectivity index (χ0v) is 20.9. The zero-order chi connectivity index (χ0) is 25.8. The highest BCUT2D eigenvalue weighted by Gasteiger charge is 2.45. The Morgan fingerprint density at radius 2 is 2.00 bits per heavy atom. The molecular formula is C26H33N3O7. The van der Waals surface area contributed by atoms with Gasteiger partial charge in [-0.25, -0.2) is 14.4 Å². The molecule has 3 aliphatic heterocycles. The number of hydrogen-bond acceptors (Lipinski definition) is 7. The van der Waals surface area contributed by atoms with E-state index in [-0.39, 0.29) is 25.5 Å². The molecule has 0 spiro atoms. The Morgan fingerprint density at radius 1 is 1.19 bits per heavy atom. The SMILES string of the molecule is COC(=O)[C@@H]1C[C@@H]2CN1C(=O)[C@H](C(C)C)NC(=O)OCCC/C=C/c1cccc3c1CN(C3)C(=O)O2. The maximum atomic E-state index is 13.5. The molecule has 3 amide bonds. The molecule has 0 aliphatic carbocycles. The van der Waals surface area contributed by atoms with E-state index >= 15 is 0 Å². The fourth-order valence-corrected chi connectivity index (χ4v) is 4.87. The van der Waals surface area contributed by atoms with Gasteiger partial charge in [0.15, 0.2) is 0 Å². The second kappa shape index (κ2) is 11.0. The molecule has 1 aromatic carbocycles. The number of methoxy groups -OCH3 is 1. The number of allylic oxidation sites excluding steroid dienone is 1.